The van der Waals surface area contributed by atoms with Gasteiger partial charge in [0.25, 0.3) is 0 Å². The molecule has 0 bridgehead atoms. The van der Waals surface area contributed by atoms with E-state index in [-0.39, 0.29) is 11.9 Å². The highest BCUT2D eigenvalue weighted by Gasteiger charge is 2.25. The molecule has 1 aromatic rings. The number of anilines is 1. The lowest BCUT2D eigenvalue weighted by molar-refractivity contribution is 0.399. The first-order chi connectivity index (χ1) is 7.61. The van der Waals surface area contributed by atoms with E-state index in [4.69, 9.17) is 5.73 Å². The molecule has 1 saturated carbocycles. The van der Waals surface area contributed by atoms with Gasteiger partial charge in [0.1, 0.15) is 5.82 Å². The predicted octanol–water partition coefficient (Wildman–Crippen LogP) is 2.83. The Kier molecular flexibility index (Phi) is 3.15. The predicted molar refractivity (Wildman–Crippen MR) is 65.0 cm³/mol. The van der Waals surface area contributed by atoms with Crippen molar-refractivity contribution in [2.45, 2.75) is 38.3 Å². The summed E-state index contributed by atoms with van der Waals surface area (Å²) in [7, 11) is 2.03. The average Bonchev–Trinajstić information content (AvgIpc) is 2.13. The summed E-state index contributed by atoms with van der Waals surface area (Å²) in [6.07, 6.45) is 3.68. The van der Waals surface area contributed by atoms with Gasteiger partial charge in [-0.2, -0.15) is 0 Å². The molecular formula is C13H19FN2. The highest BCUT2D eigenvalue weighted by Crippen LogP contribution is 2.33. The number of rotatable bonds is 3. The Bertz CT molecular complexity index is 372. The number of nitrogens with two attached hydrogens (primary N) is 1. The van der Waals surface area contributed by atoms with E-state index in [2.05, 4.69) is 4.90 Å². The molecule has 1 aromatic carbocycles. The zero-order valence-corrected chi connectivity index (χ0v) is 9.91. The maximum Gasteiger partial charge on any atom is 0.130 e. The van der Waals surface area contributed by atoms with Crippen molar-refractivity contribution in [3.05, 3.63) is 29.6 Å². The molecule has 1 atom stereocenters. The summed E-state index contributed by atoms with van der Waals surface area (Å²) in [6, 6.07) is 5.49. The average molecular weight is 222 g/mol. The highest BCUT2D eigenvalue weighted by atomic mass is 19.1. The Hall–Kier alpha value is -1.09. The lowest BCUT2D eigenvalue weighted by atomic mass is 9.90. The van der Waals surface area contributed by atoms with Gasteiger partial charge in [0, 0.05) is 30.4 Å². The summed E-state index contributed by atoms with van der Waals surface area (Å²) >= 11 is 0. The fraction of sp³-hybridized carbons (Fsp3) is 0.538. The van der Waals surface area contributed by atoms with Crippen molar-refractivity contribution in [3.63, 3.8) is 0 Å². The Morgan fingerprint density at radius 2 is 2.12 bits per heavy atom. The van der Waals surface area contributed by atoms with Crippen molar-refractivity contribution in [3.8, 4) is 0 Å². The van der Waals surface area contributed by atoms with Gasteiger partial charge < -0.3 is 10.6 Å². The van der Waals surface area contributed by atoms with Gasteiger partial charge in [-0.3, -0.25) is 0 Å². The van der Waals surface area contributed by atoms with Gasteiger partial charge in [-0.25, -0.2) is 4.39 Å². The van der Waals surface area contributed by atoms with Crippen LogP contribution in [0.1, 0.15) is 37.8 Å². The van der Waals surface area contributed by atoms with Crippen LogP contribution in [0.25, 0.3) is 0 Å². The van der Waals surface area contributed by atoms with Crippen LogP contribution in [0.4, 0.5) is 10.1 Å². The molecule has 88 valence electrons. The third-order valence-corrected chi connectivity index (χ3v) is 3.49. The van der Waals surface area contributed by atoms with Crippen LogP contribution in [0.5, 0.6) is 0 Å². The van der Waals surface area contributed by atoms with E-state index in [9.17, 15) is 4.39 Å². The summed E-state index contributed by atoms with van der Waals surface area (Å²) in [5.74, 6) is -0.196. The Labute approximate surface area is 96.2 Å². The second-order valence-corrected chi connectivity index (χ2v) is 4.66. The van der Waals surface area contributed by atoms with Crippen molar-refractivity contribution >= 4 is 5.69 Å². The number of hydrogen-bond donors (Lipinski definition) is 1. The molecule has 0 radical (unpaired) electrons. The fourth-order valence-corrected chi connectivity index (χ4v) is 2.25. The zero-order valence-electron chi connectivity index (χ0n) is 9.91. The molecule has 1 fully saturated rings. The lowest BCUT2D eigenvalue weighted by Crippen LogP contribution is -2.38. The lowest BCUT2D eigenvalue weighted by Gasteiger charge is -2.37. The van der Waals surface area contributed by atoms with Crippen LogP contribution in [-0.2, 0) is 0 Å². The first kappa shape index (κ1) is 11.4. The van der Waals surface area contributed by atoms with Crippen LogP contribution in [0.15, 0.2) is 18.2 Å². The normalized spacial score (nSPS) is 18.0. The third-order valence-electron chi connectivity index (χ3n) is 3.49. The van der Waals surface area contributed by atoms with Crippen LogP contribution >= 0.6 is 0 Å². The topological polar surface area (TPSA) is 29.3 Å². The van der Waals surface area contributed by atoms with Gasteiger partial charge in [-0.15, -0.1) is 0 Å². The minimum atomic E-state index is -0.265. The van der Waals surface area contributed by atoms with Crippen molar-refractivity contribution in [2.75, 3.05) is 11.9 Å². The summed E-state index contributed by atoms with van der Waals surface area (Å²) in [6.45, 7) is 1.83. The molecule has 3 heteroatoms. The maximum atomic E-state index is 13.7. The minimum Gasteiger partial charge on any atom is -0.371 e. The number of nitrogens with zero attached hydrogens (tertiary/aromatic N) is 1. The summed E-state index contributed by atoms with van der Waals surface area (Å²) in [5.41, 5.74) is 7.43. The standard InChI is InChI=1S/C13H19FN2/c1-9(15)13-11(14)7-4-8-12(13)16(2)10-5-3-6-10/h4,7-10H,3,5-6,15H2,1-2H3. The van der Waals surface area contributed by atoms with Crippen molar-refractivity contribution in [1.29, 1.82) is 0 Å². The maximum absolute atomic E-state index is 13.7. The molecule has 1 aliphatic rings. The third kappa shape index (κ3) is 1.92. The Morgan fingerprint density at radius 3 is 2.62 bits per heavy atom. The SMILES string of the molecule is CC(N)c1c(F)cccc1N(C)C1CCC1. The quantitative estimate of drug-likeness (QED) is 0.852. The number of benzene rings is 1. The summed E-state index contributed by atoms with van der Waals surface area (Å²) in [5, 5.41) is 0. The molecule has 0 amide bonds. The Morgan fingerprint density at radius 1 is 1.44 bits per heavy atom. The van der Waals surface area contributed by atoms with Gasteiger partial charge >= 0.3 is 0 Å². The molecule has 0 aromatic heterocycles. The molecule has 16 heavy (non-hydrogen) atoms. The second-order valence-electron chi connectivity index (χ2n) is 4.66. The van der Waals surface area contributed by atoms with Crippen LogP contribution in [0.3, 0.4) is 0 Å². The van der Waals surface area contributed by atoms with Crippen LogP contribution < -0.4 is 10.6 Å². The number of halogens is 1. The zero-order chi connectivity index (χ0) is 11.7. The molecular weight excluding hydrogens is 203 g/mol. The van der Waals surface area contributed by atoms with Gasteiger partial charge in [0.2, 0.25) is 0 Å². The van der Waals surface area contributed by atoms with E-state index in [1.807, 2.05) is 20.0 Å². The van der Waals surface area contributed by atoms with Crippen molar-refractivity contribution < 1.29 is 4.39 Å². The van der Waals surface area contributed by atoms with E-state index < -0.39 is 0 Å². The van der Waals surface area contributed by atoms with Crippen molar-refractivity contribution in [2.24, 2.45) is 5.73 Å². The first-order valence-corrected chi connectivity index (χ1v) is 5.88. The monoisotopic (exact) mass is 222 g/mol. The highest BCUT2D eigenvalue weighted by molar-refractivity contribution is 5.56. The molecule has 2 N–H and O–H groups in total. The van der Waals surface area contributed by atoms with Crippen LogP contribution in [0.2, 0.25) is 0 Å². The van der Waals surface area contributed by atoms with Gasteiger partial charge in [0.15, 0.2) is 0 Å². The van der Waals surface area contributed by atoms with E-state index in [1.54, 1.807) is 6.07 Å². The summed E-state index contributed by atoms with van der Waals surface area (Å²) in [4.78, 5) is 2.17. The van der Waals surface area contributed by atoms with E-state index in [0.717, 1.165) is 5.69 Å². The largest absolute Gasteiger partial charge is 0.371 e. The molecule has 1 aliphatic carbocycles. The summed E-state index contributed by atoms with van der Waals surface area (Å²) < 4.78 is 13.7. The fourth-order valence-electron chi connectivity index (χ4n) is 2.25. The molecule has 0 spiro atoms. The molecule has 2 nitrogen and oxygen atoms in total. The molecule has 1 unspecified atom stereocenters. The molecule has 0 heterocycles. The van der Waals surface area contributed by atoms with Crippen LogP contribution in [0, 0.1) is 5.82 Å². The van der Waals surface area contributed by atoms with E-state index in [0.29, 0.717) is 11.6 Å². The van der Waals surface area contributed by atoms with Gasteiger partial charge in [0.05, 0.1) is 0 Å². The van der Waals surface area contributed by atoms with Gasteiger partial charge in [-0.1, -0.05) is 6.07 Å². The van der Waals surface area contributed by atoms with Gasteiger partial charge in [-0.05, 0) is 38.3 Å². The van der Waals surface area contributed by atoms with E-state index >= 15 is 0 Å². The molecule has 0 aliphatic heterocycles. The van der Waals surface area contributed by atoms with Crippen molar-refractivity contribution in [1.82, 2.24) is 0 Å². The Balaban J connectivity index is 2.34. The second kappa shape index (κ2) is 4.42. The first-order valence-electron chi connectivity index (χ1n) is 5.88. The smallest absolute Gasteiger partial charge is 0.130 e. The minimum absolute atomic E-state index is 0.196. The molecule has 2 rings (SSSR count). The number of hydrogen-bond acceptors (Lipinski definition) is 2. The van der Waals surface area contributed by atoms with Crippen LogP contribution in [-0.4, -0.2) is 13.1 Å². The molecule has 0 saturated heterocycles. The van der Waals surface area contributed by atoms with E-state index in [1.165, 1.54) is 25.3 Å².